The van der Waals surface area contributed by atoms with E-state index in [0.29, 0.717) is 6.04 Å². The molecule has 0 aliphatic carbocycles. The molecule has 1 aliphatic rings. The fourth-order valence-corrected chi connectivity index (χ4v) is 1.92. The number of nitrogens with zero attached hydrogens (tertiary/aromatic N) is 1. The molecule has 1 atom stereocenters. The monoisotopic (exact) mass is 151 g/mol. The molecule has 0 spiro atoms. The Morgan fingerprint density at radius 2 is 2.45 bits per heavy atom. The number of aliphatic hydroxyl groups excluding tert-OH is 1. The van der Waals surface area contributed by atoms with Gasteiger partial charge in [-0.3, -0.25) is 0 Å². The second-order valence-corrected chi connectivity index (χ2v) is 3.23. The summed E-state index contributed by atoms with van der Waals surface area (Å²) in [5.74, 6) is 0. The van der Waals surface area contributed by atoms with Gasteiger partial charge in [-0.15, -0.1) is 0 Å². The van der Waals surface area contributed by atoms with Crippen molar-refractivity contribution in [1.82, 2.24) is 4.57 Å². The normalized spacial score (nSPS) is 22.2. The highest BCUT2D eigenvalue weighted by Crippen LogP contribution is 2.28. The van der Waals surface area contributed by atoms with E-state index in [1.54, 1.807) is 0 Å². The van der Waals surface area contributed by atoms with Crippen LogP contribution in [0.4, 0.5) is 0 Å². The molecule has 0 saturated carbocycles. The summed E-state index contributed by atoms with van der Waals surface area (Å²) in [6, 6.07) is 4.72. The fraction of sp³-hybridized carbons (Fsp3) is 0.556. The van der Waals surface area contributed by atoms with Crippen LogP contribution in [-0.2, 0) is 13.0 Å². The summed E-state index contributed by atoms with van der Waals surface area (Å²) in [4.78, 5) is 0. The zero-order valence-corrected chi connectivity index (χ0v) is 6.75. The molecule has 0 radical (unpaired) electrons. The van der Waals surface area contributed by atoms with Gasteiger partial charge in [-0.1, -0.05) is 0 Å². The summed E-state index contributed by atoms with van der Waals surface area (Å²) in [5.41, 5.74) is 2.44. The molecule has 1 N–H and O–H groups in total. The van der Waals surface area contributed by atoms with Gasteiger partial charge in [0, 0.05) is 17.4 Å². The quantitative estimate of drug-likeness (QED) is 0.646. The molecule has 60 valence electrons. The molecule has 1 unspecified atom stereocenters. The van der Waals surface area contributed by atoms with Crippen molar-refractivity contribution in [2.45, 2.75) is 32.4 Å². The second kappa shape index (κ2) is 2.38. The molecule has 0 amide bonds. The Balaban J connectivity index is 2.46. The Bertz CT molecular complexity index is 265. The summed E-state index contributed by atoms with van der Waals surface area (Å²) in [6.45, 7) is 2.38. The van der Waals surface area contributed by atoms with Gasteiger partial charge in [0.05, 0.1) is 6.61 Å². The van der Waals surface area contributed by atoms with Crippen LogP contribution in [0, 0.1) is 0 Å². The van der Waals surface area contributed by atoms with Gasteiger partial charge in [0.15, 0.2) is 0 Å². The SMILES string of the molecule is CC1CCc2ccc(CO)n21. The second-order valence-electron chi connectivity index (χ2n) is 3.23. The molecule has 2 nitrogen and oxygen atoms in total. The minimum absolute atomic E-state index is 0.171. The largest absolute Gasteiger partial charge is 0.390 e. The zero-order valence-electron chi connectivity index (χ0n) is 6.75. The number of rotatable bonds is 1. The zero-order chi connectivity index (χ0) is 7.84. The molecule has 0 fully saturated rings. The summed E-state index contributed by atoms with van der Waals surface area (Å²) >= 11 is 0. The summed E-state index contributed by atoms with van der Waals surface area (Å²) in [7, 11) is 0. The summed E-state index contributed by atoms with van der Waals surface area (Å²) in [6.07, 6.45) is 2.39. The van der Waals surface area contributed by atoms with Crippen LogP contribution in [0.2, 0.25) is 0 Å². The van der Waals surface area contributed by atoms with Crippen molar-refractivity contribution >= 4 is 0 Å². The fourth-order valence-electron chi connectivity index (χ4n) is 1.92. The van der Waals surface area contributed by atoms with Crippen molar-refractivity contribution in [3.8, 4) is 0 Å². The molecule has 2 rings (SSSR count). The predicted octanol–water partition coefficient (Wildman–Crippen LogP) is 1.49. The van der Waals surface area contributed by atoms with Crippen molar-refractivity contribution < 1.29 is 5.11 Å². The van der Waals surface area contributed by atoms with Gasteiger partial charge in [0.2, 0.25) is 0 Å². The average molecular weight is 151 g/mol. The Kier molecular flexibility index (Phi) is 1.50. The molecule has 2 heteroatoms. The minimum atomic E-state index is 0.171. The summed E-state index contributed by atoms with van der Waals surface area (Å²) in [5, 5.41) is 8.99. The summed E-state index contributed by atoms with van der Waals surface area (Å²) < 4.78 is 2.25. The van der Waals surface area contributed by atoms with Gasteiger partial charge in [-0.25, -0.2) is 0 Å². The first-order valence-electron chi connectivity index (χ1n) is 4.13. The standard InChI is InChI=1S/C9H13NO/c1-7-2-3-8-4-5-9(6-11)10(7)8/h4-5,7,11H,2-3,6H2,1H3. The number of aromatic nitrogens is 1. The number of aliphatic hydroxyl groups is 1. The third-order valence-corrected chi connectivity index (χ3v) is 2.51. The van der Waals surface area contributed by atoms with E-state index in [4.69, 9.17) is 5.11 Å². The van der Waals surface area contributed by atoms with E-state index >= 15 is 0 Å². The molecule has 1 aliphatic heterocycles. The van der Waals surface area contributed by atoms with Gasteiger partial charge in [0.1, 0.15) is 0 Å². The van der Waals surface area contributed by atoms with Crippen LogP contribution in [0.15, 0.2) is 12.1 Å². The molecule has 11 heavy (non-hydrogen) atoms. The first-order valence-corrected chi connectivity index (χ1v) is 4.13. The van der Waals surface area contributed by atoms with Gasteiger partial charge < -0.3 is 9.67 Å². The van der Waals surface area contributed by atoms with Crippen LogP contribution in [0.1, 0.15) is 30.8 Å². The van der Waals surface area contributed by atoms with E-state index in [9.17, 15) is 0 Å². The first-order chi connectivity index (χ1) is 5.33. The molecule has 1 aromatic heterocycles. The average Bonchev–Trinajstić information content (AvgIpc) is 2.54. The Labute approximate surface area is 66.5 Å². The van der Waals surface area contributed by atoms with Crippen LogP contribution in [0.5, 0.6) is 0 Å². The maximum Gasteiger partial charge on any atom is 0.0833 e. The third kappa shape index (κ3) is 0.897. The van der Waals surface area contributed by atoms with Gasteiger partial charge >= 0.3 is 0 Å². The lowest BCUT2D eigenvalue weighted by Gasteiger charge is -2.09. The minimum Gasteiger partial charge on any atom is -0.390 e. The molecular formula is C9H13NO. The van der Waals surface area contributed by atoms with E-state index in [-0.39, 0.29) is 6.61 Å². The van der Waals surface area contributed by atoms with Crippen molar-refractivity contribution in [2.24, 2.45) is 0 Å². The Morgan fingerprint density at radius 3 is 3.18 bits per heavy atom. The highest BCUT2D eigenvalue weighted by atomic mass is 16.3. The molecule has 0 aromatic carbocycles. The molecular weight excluding hydrogens is 138 g/mol. The van der Waals surface area contributed by atoms with Crippen molar-refractivity contribution in [2.75, 3.05) is 0 Å². The van der Waals surface area contributed by atoms with E-state index in [1.807, 2.05) is 6.07 Å². The maximum atomic E-state index is 8.99. The molecule has 1 aromatic rings. The lowest BCUT2D eigenvalue weighted by atomic mass is 10.2. The number of fused-ring (bicyclic) bond motifs is 1. The van der Waals surface area contributed by atoms with Crippen LogP contribution in [0.3, 0.4) is 0 Å². The van der Waals surface area contributed by atoms with Crippen LogP contribution in [0.25, 0.3) is 0 Å². The maximum absolute atomic E-state index is 8.99. The lowest BCUT2D eigenvalue weighted by Crippen LogP contribution is -2.03. The molecule has 0 saturated heterocycles. The van der Waals surface area contributed by atoms with E-state index in [0.717, 1.165) is 5.69 Å². The first kappa shape index (κ1) is 6.92. The van der Waals surface area contributed by atoms with Crippen LogP contribution in [-0.4, -0.2) is 9.67 Å². The number of hydrogen-bond donors (Lipinski definition) is 1. The number of aryl methyl sites for hydroxylation is 1. The van der Waals surface area contributed by atoms with Crippen molar-refractivity contribution in [3.63, 3.8) is 0 Å². The van der Waals surface area contributed by atoms with Gasteiger partial charge in [0.25, 0.3) is 0 Å². The van der Waals surface area contributed by atoms with Gasteiger partial charge in [-0.05, 0) is 31.9 Å². The van der Waals surface area contributed by atoms with Gasteiger partial charge in [-0.2, -0.15) is 0 Å². The predicted molar refractivity (Wildman–Crippen MR) is 43.4 cm³/mol. The Hall–Kier alpha value is -0.760. The molecule has 0 bridgehead atoms. The van der Waals surface area contributed by atoms with Crippen LogP contribution < -0.4 is 0 Å². The van der Waals surface area contributed by atoms with E-state index in [2.05, 4.69) is 17.6 Å². The topological polar surface area (TPSA) is 25.2 Å². The highest BCUT2D eigenvalue weighted by Gasteiger charge is 2.19. The third-order valence-electron chi connectivity index (χ3n) is 2.51. The highest BCUT2D eigenvalue weighted by molar-refractivity contribution is 5.20. The Morgan fingerprint density at radius 1 is 1.64 bits per heavy atom. The number of hydrogen-bond acceptors (Lipinski definition) is 1. The molecule has 2 heterocycles. The van der Waals surface area contributed by atoms with Crippen molar-refractivity contribution in [1.29, 1.82) is 0 Å². The van der Waals surface area contributed by atoms with E-state index < -0.39 is 0 Å². The van der Waals surface area contributed by atoms with E-state index in [1.165, 1.54) is 18.5 Å². The lowest BCUT2D eigenvalue weighted by molar-refractivity contribution is 0.268. The van der Waals surface area contributed by atoms with Crippen LogP contribution >= 0.6 is 0 Å². The smallest absolute Gasteiger partial charge is 0.0833 e. The van der Waals surface area contributed by atoms with Crippen molar-refractivity contribution in [3.05, 3.63) is 23.5 Å².